The van der Waals surface area contributed by atoms with Crippen LogP contribution in [0.1, 0.15) is 76.3 Å². The summed E-state index contributed by atoms with van der Waals surface area (Å²) in [6.07, 6.45) is 13.5. The molecule has 0 unspecified atom stereocenters. The van der Waals surface area contributed by atoms with Gasteiger partial charge in [-0.3, -0.25) is 9.98 Å². The maximum atomic E-state index is 5.80. The summed E-state index contributed by atoms with van der Waals surface area (Å²) in [5.74, 6) is 1.80. The molecule has 0 spiro atoms. The highest BCUT2D eigenvalue weighted by Crippen LogP contribution is 2.20. The van der Waals surface area contributed by atoms with Crippen LogP contribution in [0.3, 0.4) is 0 Å². The standard InChI is InChI=1S/C32H40N2O2/c1-3-5-7-9-23-35-31-19-15-29(16-20-31)33-25-27-11-13-28(14-12-27)26-34-30-17-21-32(22-18-30)36-24-10-8-6-4-2/h11-22,25-26H,3-10,23-24H2,1-2H3. The molecule has 4 nitrogen and oxygen atoms in total. The molecular weight excluding hydrogens is 444 g/mol. The van der Waals surface area contributed by atoms with Crippen LogP contribution in [-0.4, -0.2) is 25.6 Å². The minimum Gasteiger partial charge on any atom is -0.494 e. The second-order valence-electron chi connectivity index (χ2n) is 8.99. The van der Waals surface area contributed by atoms with Crippen molar-refractivity contribution in [1.82, 2.24) is 0 Å². The lowest BCUT2D eigenvalue weighted by Crippen LogP contribution is -1.96. The van der Waals surface area contributed by atoms with E-state index in [-0.39, 0.29) is 0 Å². The molecule has 0 fully saturated rings. The summed E-state index contributed by atoms with van der Waals surface area (Å²) < 4.78 is 11.6. The molecule has 3 aromatic rings. The summed E-state index contributed by atoms with van der Waals surface area (Å²) in [4.78, 5) is 9.16. The number of hydrogen-bond acceptors (Lipinski definition) is 4. The Balaban J connectivity index is 1.43. The first kappa shape index (κ1) is 27.2. The number of nitrogens with zero attached hydrogens (tertiary/aromatic N) is 2. The lowest BCUT2D eigenvalue weighted by Gasteiger charge is -2.06. The fourth-order valence-corrected chi connectivity index (χ4v) is 3.66. The van der Waals surface area contributed by atoms with Gasteiger partial charge in [-0.05, 0) is 72.5 Å². The van der Waals surface area contributed by atoms with Crippen LogP contribution in [0.4, 0.5) is 11.4 Å². The van der Waals surface area contributed by atoms with Gasteiger partial charge >= 0.3 is 0 Å². The predicted molar refractivity (Wildman–Crippen MR) is 153 cm³/mol. The van der Waals surface area contributed by atoms with Gasteiger partial charge in [-0.1, -0.05) is 76.6 Å². The van der Waals surface area contributed by atoms with Crippen molar-refractivity contribution in [1.29, 1.82) is 0 Å². The average Bonchev–Trinajstić information content (AvgIpc) is 2.92. The van der Waals surface area contributed by atoms with Crippen molar-refractivity contribution in [2.24, 2.45) is 9.98 Å². The van der Waals surface area contributed by atoms with Crippen molar-refractivity contribution >= 4 is 23.8 Å². The molecule has 0 aliphatic heterocycles. The number of aliphatic imine (C=N–C) groups is 2. The van der Waals surface area contributed by atoms with E-state index in [4.69, 9.17) is 9.47 Å². The van der Waals surface area contributed by atoms with E-state index in [1.54, 1.807) is 0 Å². The van der Waals surface area contributed by atoms with Crippen LogP contribution >= 0.6 is 0 Å². The smallest absolute Gasteiger partial charge is 0.119 e. The van der Waals surface area contributed by atoms with Crippen LogP contribution in [0.25, 0.3) is 0 Å². The zero-order chi connectivity index (χ0) is 25.3. The first-order valence-corrected chi connectivity index (χ1v) is 13.4. The molecule has 190 valence electrons. The summed E-state index contributed by atoms with van der Waals surface area (Å²) in [5, 5.41) is 0. The predicted octanol–water partition coefficient (Wildman–Crippen LogP) is 9.11. The molecule has 0 bridgehead atoms. The molecule has 0 atom stereocenters. The van der Waals surface area contributed by atoms with Gasteiger partial charge in [-0.15, -0.1) is 0 Å². The summed E-state index contributed by atoms with van der Waals surface area (Å²) >= 11 is 0. The van der Waals surface area contributed by atoms with E-state index in [9.17, 15) is 0 Å². The summed E-state index contributed by atoms with van der Waals surface area (Å²) in [7, 11) is 0. The quantitative estimate of drug-likeness (QED) is 0.150. The topological polar surface area (TPSA) is 43.2 Å². The van der Waals surface area contributed by atoms with Crippen molar-refractivity contribution in [2.75, 3.05) is 13.2 Å². The monoisotopic (exact) mass is 484 g/mol. The van der Waals surface area contributed by atoms with E-state index < -0.39 is 0 Å². The third-order valence-corrected chi connectivity index (χ3v) is 5.87. The molecule has 3 aromatic carbocycles. The van der Waals surface area contributed by atoms with Crippen LogP contribution in [0, 0.1) is 0 Å². The highest BCUT2D eigenvalue weighted by molar-refractivity contribution is 5.86. The molecule has 36 heavy (non-hydrogen) atoms. The van der Waals surface area contributed by atoms with E-state index in [1.807, 2.05) is 85.2 Å². The molecule has 0 heterocycles. The third-order valence-electron chi connectivity index (χ3n) is 5.87. The Hall–Kier alpha value is -3.40. The molecule has 3 rings (SSSR count). The van der Waals surface area contributed by atoms with E-state index >= 15 is 0 Å². The van der Waals surface area contributed by atoms with Crippen LogP contribution in [0.5, 0.6) is 11.5 Å². The van der Waals surface area contributed by atoms with Gasteiger partial charge in [0.1, 0.15) is 11.5 Å². The van der Waals surface area contributed by atoms with E-state index in [0.29, 0.717) is 0 Å². The molecule has 0 aliphatic rings. The van der Waals surface area contributed by atoms with Crippen molar-refractivity contribution in [3.63, 3.8) is 0 Å². The van der Waals surface area contributed by atoms with Gasteiger partial charge < -0.3 is 9.47 Å². The molecule has 0 amide bonds. The first-order chi connectivity index (χ1) is 17.8. The highest BCUT2D eigenvalue weighted by atomic mass is 16.5. The van der Waals surface area contributed by atoms with Gasteiger partial charge in [-0.25, -0.2) is 0 Å². The Kier molecular flexibility index (Phi) is 12.3. The van der Waals surface area contributed by atoms with Gasteiger partial charge in [0.15, 0.2) is 0 Å². The zero-order valence-corrected chi connectivity index (χ0v) is 21.9. The van der Waals surface area contributed by atoms with Crippen LogP contribution in [0.2, 0.25) is 0 Å². The fraction of sp³-hybridized carbons (Fsp3) is 0.375. The highest BCUT2D eigenvalue weighted by Gasteiger charge is 1.97. The molecule has 0 aromatic heterocycles. The molecule has 0 saturated heterocycles. The summed E-state index contributed by atoms with van der Waals surface area (Å²) in [5.41, 5.74) is 3.91. The maximum absolute atomic E-state index is 5.80. The summed E-state index contributed by atoms with van der Waals surface area (Å²) in [6, 6.07) is 24.1. The molecule has 0 saturated carbocycles. The Labute approximate surface area is 217 Å². The first-order valence-electron chi connectivity index (χ1n) is 13.4. The van der Waals surface area contributed by atoms with Gasteiger partial charge in [0.2, 0.25) is 0 Å². The maximum Gasteiger partial charge on any atom is 0.119 e. The number of rotatable bonds is 16. The van der Waals surface area contributed by atoms with Crippen molar-refractivity contribution in [3.05, 3.63) is 83.9 Å². The van der Waals surface area contributed by atoms with Crippen molar-refractivity contribution in [2.45, 2.75) is 65.2 Å². The number of hydrogen-bond donors (Lipinski definition) is 0. The number of ether oxygens (including phenoxy) is 2. The van der Waals surface area contributed by atoms with Gasteiger partial charge in [-0.2, -0.15) is 0 Å². The Bertz CT molecular complexity index is 953. The number of unbranched alkanes of at least 4 members (excludes halogenated alkanes) is 6. The van der Waals surface area contributed by atoms with Crippen molar-refractivity contribution in [3.8, 4) is 11.5 Å². The van der Waals surface area contributed by atoms with Crippen LogP contribution < -0.4 is 9.47 Å². The molecule has 0 radical (unpaired) electrons. The Morgan fingerprint density at radius 3 is 1.25 bits per heavy atom. The molecule has 4 heteroatoms. The Morgan fingerprint density at radius 1 is 0.500 bits per heavy atom. The van der Waals surface area contributed by atoms with Gasteiger partial charge in [0, 0.05) is 12.4 Å². The van der Waals surface area contributed by atoms with Crippen molar-refractivity contribution < 1.29 is 9.47 Å². The lowest BCUT2D eigenvalue weighted by molar-refractivity contribution is 0.305. The SMILES string of the molecule is CCCCCCOc1ccc(N=Cc2ccc(C=Nc3ccc(OCCCCCC)cc3)cc2)cc1. The average molecular weight is 485 g/mol. The third kappa shape index (κ3) is 10.5. The van der Waals surface area contributed by atoms with E-state index in [1.165, 1.54) is 38.5 Å². The van der Waals surface area contributed by atoms with E-state index in [0.717, 1.165) is 60.1 Å². The summed E-state index contributed by atoms with van der Waals surface area (Å²) in [6.45, 7) is 5.99. The minimum absolute atomic E-state index is 0.775. The van der Waals surface area contributed by atoms with Gasteiger partial charge in [0.05, 0.1) is 24.6 Å². The second-order valence-corrected chi connectivity index (χ2v) is 8.99. The molecule has 0 N–H and O–H groups in total. The molecular formula is C32H40N2O2. The van der Waals surface area contributed by atoms with Crippen LogP contribution in [-0.2, 0) is 0 Å². The van der Waals surface area contributed by atoms with Crippen LogP contribution in [0.15, 0.2) is 82.8 Å². The van der Waals surface area contributed by atoms with E-state index in [2.05, 4.69) is 23.8 Å². The fourth-order valence-electron chi connectivity index (χ4n) is 3.66. The second kappa shape index (κ2) is 16.3. The molecule has 0 aliphatic carbocycles. The largest absolute Gasteiger partial charge is 0.494 e. The zero-order valence-electron chi connectivity index (χ0n) is 21.9. The Morgan fingerprint density at radius 2 is 0.889 bits per heavy atom. The normalized spacial score (nSPS) is 11.4. The number of benzene rings is 3. The van der Waals surface area contributed by atoms with Gasteiger partial charge in [0.25, 0.3) is 0 Å². The minimum atomic E-state index is 0.775. The lowest BCUT2D eigenvalue weighted by atomic mass is 10.1.